The van der Waals surface area contributed by atoms with Crippen molar-refractivity contribution >= 4 is 11.9 Å². The van der Waals surface area contributed by atoms with Gasteiger partial charge in [0.25, 0.3) is 0 Å². The zero-order chi connectivity index (χ0) is 22.9. The highest BCUT2D eigenvalue weighted by Gasteiger charge is 2.16. The summed E-state index contributed by atoms with van der Waals surface area (Å²) < 4.78 is 5.12. The fraction of sp³-hybridized carbons (Fsp3) is 0.833. The summed E-state index contributed by atoms with van der Waals surface area (Å²) in [6.07, 6.45) is 21.7. The number of aliphatic carboxylic acids is 2. The molecular formula is C24H46O6. The Bertz CT molecular complexity index is 397. The van der Waals surface area contributed by atoms with Crippen LogP contribution in [0.15, 0.2) is 12.8 Å². The van der Waals surface area contributed by atoms with Crippen molar-refractivity contribution in [3.05, 3.63) is 12.8 Å². The molecule has 0 fully saturated rings. The first-order valence-electron chi connectivity index (χ1n) is 11.8. The molecule has 0 bridgehead atoms. The molecule has 6 nitrogen and oxygen atoms in total. The first kappa shape index (κ1) is 30.6. The maximum atomic E-state index is 9.72. The van der Waals surface area contributed by atoms with E-state index in [-0.39, 0.29) is 0 Å². The van der Waals surface area contributed by atoms with Crippen molar-refractivity contribution in [2.24, 2.45) is 0 Å². The number of aliphatic hydroxyl groups excluding tert-OH is 1. The quantitative estimate of drug-likeness (QED) is 0.145. The molecule has 0 amide bonds. The highest BCUT2D eigenvalue weighted by Crippen LogP contribution is 2.13. The molecule has 1 atom stereocenters. The zero-order valence-corrected chi connectivity index (χ0v) is 19.2. The lowest BCUT2D eigenvalue weighted by atomic mass is 10.0. The lowest BCUT2D eigenvalue weighted by molar-refractivity contribution is -0.152. The Kier molecular flexibility index (Phi) is 26.0. The second-order valence-electron chi connectivity index (χ2n) is 7.79. The molecule has 1 unspecified atom stereocenters. The smallest absolute Gasteiger partial charge is 0.333 e. The number of carboxylic acid groups (broad SMARTS) is 2. The van der Waals surface area contributed by atoms with Gasteiger partial charge < -0.3 is 20.1 Å². The van der Waals surface area contributed by atoms with E-state index in [1.54, 1.807) is 6.26 Å². The summed E-state index contributed by atoms with van der Waals surface area (Å²) in [7, 11) is 0. The number of unbranched alkanes of at least 4 members (excludes halogenated alkanes) is 15. The number of ether oxygens (including phenoxy) is 1. The molecular weight excluding hydrogens is 384 g/mol. The van der Waals surface area contributed by atoms with Crippen molar-refractivity contribution < 1.29 is 29.6 Å². The van der Waals surface area contributed by atoms with E-state index < -0.39 is 24.5 Å². The highest BCUT2D eigenvalue weighted by atomic mass is 16.5. The van der Waals surface area contributed by atoms with E-state index in [0.717, 1.165) is 6.61 Å². The van der Waals surface area contributed by atoms with Crippen molar-refractivity contribution in [2.45, 2.75) is 122 Å². The normalized spacial score (nSPS) is 11.3. The number of carboxylic acids is 2. The van der Waals surface area contributed by atoms with Crippen molar-refractivity contribution in [3.8, 4) is 0 Å². The highest BCUT2D eigenvalue weighted by molar-refractivity contribution is 5.79. The molecule has 0 aliphatic heterocycles. The van der Waals surface area contributed by atoms with E-state index in [1.165, 1.54) is 103 Å². The topological polar surface area (TPSA) is 104 Å². The van der Waals surface area contributed by atoms with Gasteiger partial charge in [-0.15, -0.1) is 0 Å². The SMILES string of the molecule is C=COCCCCCCCCCCCCCCCCCC.O=C(O)CC(O)C(=O)O. The number of carbonyl (C=O) groups is 2. The number of rotatable bonds is 21. The summed E-state index contributed by atoms with van der Waals surface area (Å²) in [6, 6.07) is 0. The van der Waals surface area contributed by atoms with Gasteiger partial charge in [0.2, 0.25) is 0 Å². The molecule has 30 heavy (non-hydrogen) atoms. The molecule has 0 aromatic carbocycles. The summed E-state index contributed by atoms with van der Waals surface area (Å²) in [6.45, 7) is 6.69. The third-order valence-electron chi connectivity index (χ3n) is 4.89. The fourth-order valence-electron chi connectivity index (χ4n) is 3.07. The summed E-state index contributed by atoms with van der Waals surface area (Å²) in [5.41, 5.74) is 0. The molecule has 0 saturated carbocycles. The first-order valence-corrected chi connectivity index (χ1v) is 11.8. The molecule has 0 spiro atoms. The molecule has 0 aromatic heterocycles. The monoisotopic (exact) mass is 430 g/mol. The first-order chi connectivity index (χ1) is 14.5. The zero-order valence-electron chi connectivity index (χ0n) is 19.2. The Morgan fingerprint density at radius 1 is 0.767 bits per heavy atom. The molecule has 0 radical (unpaired) electrons. The van der Waals surface area contributed by atoms with Gasteiger partial charge in [0, 0.05) is 0 Å². The molecule has 178 valence electrons. The van der Waals surface area contributed by atoms with Crippen molar-refractivity contribution in [3.63, 3.8) is 0 Å². The van der Waals surface area contributed by atoms with E-state index in [9.17, 15) is 9.59 Å². The summed E-state index contributed by atoms with van der Waals surface area (Å²) in [5.74, 6) is -2.85. The largest absolute Gasteiger partial charge is 0.502 e. The lowest BCUT2D eigenvalue weighted by Crippen LogP contribution is -2.22. The minimum absolute atomic E-state index is 0.755. The van der Waals surface area contributed by atoms with E-state index in [0.29, 0.717) is 0 Å². The molecule has 0 aromatic rings. The Balaban J connectivity index is 0. The van der Waals surface area contributed by atoms with E-state index in [2.05, 4.69) is 13.5 Å². The van der Waals surface area contributed by atoms with E-state index in [4.69, 9.17) is 20.1 Å². The molecule has 0 heterocycles. The van der Waals surface area contributed by atoms with E-state index in [1.807, 2.05) is 0 Å². The maximum absolute atomic E-state index is 9.72. The summed E-state index contributed by atoms with van der Waals surface area (Å²) in [5, 5.41) is 24.1. The predicted molar refractivity (Wildman–Crippen MR) is 122 cm³/mol. The molecule has 0 rings (SSSR count). The molecule has 0 saturated heterocycles. The second-order valence-corrected chi connectivity index (χ2v) is 7.79. The van der Waals surface area contributed by atoms with Gasteiger partial charge in [0.15, 0.2) is 6.10 Å². The number of hydrogen-bond donors (Lipinski definition) is 3. The van der Waals surface area contributed by atoms with Crippen LogP contribution in [-0.2, 0) is 14.3 Å². The predicted octanol–water partition coefficient (Wildman–Crippen LogP) is 6.31. The van der Waals surface area contributed by atoms with Crippen LogP contribution >= 0.6 is 0 Å². The fourth-order valence-corrected chi connectivity index (χ4v) is 3.07. The minimum Gasteiger partial charge on any atom is -0.502 e. The van der Waals surface area contributed by atoms with Crippen LogP contribution in [0.5, 0.6) is 0 Å². The molecule has 0 aliphatic carbocycles. The molecule has 3 N–H and O–H groups in total. The van der Waals surface area contributed by atoms with Crippen molar-refractivity contribution in [1.82, 2.24) is 0 Å². The van der Waals surface area contributed by atoms with Gasteiger partial charge in [0.1, 0.15) is 0 Å². The van der Waals surface area contributed by atoms with Gasteiger partial charge in [-0.25, -0.2) is 4.79 Å². The van der Waals surface area contributed by atoms with Crippen LogP contribution in [0.3, 0.4) is 0 Å². The van der Waals surface area contributed by atoms with Gasteiger partial charge >= 0.3 is 11.9 Å². The van der Waals surface area contributed by atoms with Crippen molar-refractivity contribution in [1.29, 1.82) is 0 Å². The van der Waals surface area contributed by atoms with Gasteiger partial charge in [-0.2, -0.15) is 0 Å². The Labute approximate surface area is 183 Å². The van der Waals surface area contributed by atoms with Gasteiger partial charge in [-0.1, -0.05) is 110 Å². The number of hydrogen-bond acceptors (Lipinski definition) is 4. The number of aliphatic hydroxyl groups is 1. The van der Waals surface area contributed by atoms with Crippen LogP contribution in [-0.4, -0.2) is 40.0 Å². The average Bonchev–Trinajstić information content (AvgIpc) is 2.70. The van der Waals surface area contributed by atoms with Gasteiger partial charge in [0.05, 0.1) is 19.3 Å². The lowest BCUT2D eigenvalue weighted by Gasteiger charge is -2.03. The van der Waals surface area contributed by atoms with Crippen LogP contribution in [0.4, 0.5) is 0 Å². The minimum atomic E-state index is -1.79. The van der Waals surface area contributed by atoms with Crippen LogP contribution < -0.4 is 0 Å². The second kappa shape index (κ2) is 25.5. The summed E-state index contributed by atoms with van der Waals surface area (Å²) in [4.78, 5) is 19.4. The van der Waals surface area contributed by atoms with Crippen LogP contribution in [0.25, 0.3) is 0 Å². The Hall–Kier alpha value is -1.56. The molecule has 6 heteroatoms. The van der Waals surface area contributed by atoms with Crippen LogP contribution in [0.1, 0.15) is 116 Å². The molecule has 0 aliphatic rings. The third-order valence-corrected chi connectivity index (χ3v) is 4.89. The Morgan fingerprint density at radius 3 is 1.40 bits per heavy atom. The Morgan fingerprint density at radius 2 is 1.13 bits per heavy atom. The summed E-state index contributed by atoms with van der Waals surface area (Å²) >= 11 is 0. The van der Waals surface area contributed by atoms with E-state index >= 15 is 0 Å². The third kappa shape index (κ3) is 28.6. The van der Waals surface area contributed by atoms with Gasteiger partial charge in [-0.3, -0.25) is 4.79 Å². The maximum Gasteiger partial charge on any atom is 0.333 e. The average molecular weight is 431 g/mol. The van der Waals surface area contributed by atoms with Gasteiger partial charge in [-0.05, 0) is 6.42 Å². The van der Waals surface area contributed by atoms with Crippen molar-refractivity contribution in [2.75, 3.05) is 6.61 Å². The standard InChI is InChI=1S/C20H40O.C4H6O5/c1-3-5-6-7-8-9-10-11-12-13-14-15-16-17-18-19-20-21-4-2;5-2(4(8)9)1-3(6)7/h4H,2-3,5-20H2,1H3;2,5H,1H2,(H,6,7)(H,8,9). The van der Waals surface area contributed by atoms with Crippen LogP contribution in [0, 0.1) is 0 Å². The van der Waals surface area contributed by atoms with Crippen LogP contribution in [0.2, 0.25) is 0 Å².